The molecule has 6 heteroatoms. The summed E-state index contributed by atoms with van der Waals surface area (Å²) in [6.45, 7) is 7.75. The van der Waals surface area contributed by atoms with Crippen LogP contribution in [-0.4, -0.2) is 47.3 Å². The molecular formula is C17H21ClN4O. The van der Waals surface area contributed by atoms with Gasteiger partial charge in [-0.05, 0) is 19.4 Å². The molecule has 1 aromatic heterocycles. The third-order valence-electron chi connectivity index (χ3n) is 3.90. The lowest BCUT2D eigenvalue weighted by atomic mass is 10.1. The first-order valence-corrected chi connectivity index (χ1v) is 8.16. The molecule has 23 heavy (non-hydrogen) atoms. The van der Waals surface area contributed by atoms with E-state index < -0.39 is 0 Å². The first-order chi connectivity index (χ1) is 11.1. The first kappa shape index (κ1) is 16.0. The van der Waals surface area contributed by atoms with E-state index in [1.54, 1.807) is 0 Å². The van der Waals surface area contributed by atoms with Gasteiger partial charge in [-0.3, -0.25) is 5.01 Å². The highest BCUT2D eigenvalue weighted by Gasteiger charge is 2.13. The molecule has 5 nitrogen and oxygen atoms in total. The van der Waals surface area contributed by atoms with Gasteiger partial charge in [0.05, 0.1) is 50.3 Å². The normalized spacial score (nSPS) is 15.5. The van der Waals surface area contributed by atoms with Gasteiger partial charge >= 0.3 is 0 Å². The van der Waals surface area contributed by atoms with Crippen LogP contribution in [0.1, 0.15) is 22.4 Å². The highest BCUT2D eigenvalue weighted by atomic mass is 35.5. The van der Waals surface area contributed by atoms with Crippen molar-refractivity contribution in [3.05, 3.63) is 51.8 Å². The summed E-state index contributed by atoms with van der Waals surface area (Å²) in [5.74, 6) is 0. The van der Waals surface area contributed by atoms with Crippen molar-refractivity contribution in [3.8, 4) is 0 Å². The minimum Gasteiger partial charge on any atom is -0.378 e. The second kappa shape index (κ2) is 7.15. The Morgan fingerprint density at radius 1 is 1.22 bits per heavy atom. The molecule has 0 unspecified atom stereocenters. The predicted octanol–water partition coefficient (Wildman–Crippen LogP) is 2.87. The van der Waals surface area contributed by atoms with Crippen LogP contribution in [0.3, 0.4) is 0 Å². The van der Waals surface area contributed by atoms with E-state index in [1.807, 2.05) is 22.8 Å². The second-order valence-electron chi connectivity index (χ2n) is 5.74. The van der Waals surface area contributed by atoms with Crippen LogP contribution in [0.25, 0.3) is 0 Å². The highest BCUT2D eigenvalue weighted by molar-refractivity contribution is 6.32. The molecule has 0 saturated carbocycles. The van der Waals surface area contributed by atoms with E-state index in [1.165, 1.54) is 11.1 Å². The summed E-state index contributed by atoms with van der Waals surface area (Å²) < 4.78 is 7.14. The molecule has 2 aromatic rings. The van der Waals surface area contributed by atoms with Gasteiger partial charge < -0.3 is 4.74 Å². The highest BCUT2D eigenvalue weighted by Crippen LogP contribution is 2.19. The maximum Gasteiger partial charge on any atom is 0.136 e. The fourth-order valence-corrected chi connectivity index (χ4v) is 2.78. The number of morpholine rings is 1. The number of aryl methyl sites for hydroxylation is 2. The molecule has 1 aromatic carbocycles. The smallest absolute Gasteiger partial charge is 0.136 e. The van der Waals surface area contributed by atoms with E-state index in [2.05, 4.69) is 41.4 Å². The Morgan fingerprint density at radius 3 is 2.61 bits per heavy atom. The quantitative estimate of drug-likeness (QED) is 0.809. The zero-order valence-electron chi connectivity index (χ0n) is 13.5. The van der Waals surface area contributed by atoms with E-state index in [-0.39, 0.29) is 0 Å². The van der Waals surface area contributed by atoms with Crippen LogP contribution in [0, 0.1) is 13.8 Å². The molecule has 122 valence electrons. The standard InChI is InChI=1S/C17H21ClN4O/c1-13-3-5-15(6-4-13)12-22-17(18)16(14(2)20-22)11-19-21-7-9-23-10-8-21/h3-6,11H,7-10,12H2,1-2H3. The molecule has 0 spiro atoms. The van der Waals surface area contributed by atoms with Crippen LogP contribution in [0.15, 0.2) is 29.4 Å². The van der Waals surface area contributed by atoms with Gasteiger partial charge in [0.2, 0.25) is 0 Å². The molecule has 0 N–H and O–H groups in total. The van der Waals surface area contributed by atoms with Gasteiger partial charge in [0.25, 0.3) is 0 Å². The van der Waals surface area contributed by atoms with Crippen molar-refractivity contribution in [1.29, 1.82) is 0 Å². The summed E-state index contributed by atoms with van der Waals surface area (Å²) in [6.07, 6.45) is 1.81. The Bertz CT molecular complexity index is 687. The Hall–Kier alpha value is -1.85. The fourth-order valence-electron chi connectivity index (χ4n) is 2.49. The van der Waals surface area contributed by atoms with Crippen molar-refractivity contribution in [2.45, 2.75) is 20.4 Å². The summed E-state index contributed by atoms with van der Waals surface area (Å²) >= 11 is 6.49. The zero-order chi connectivity index (χ0) is 16.2. The predicted molar refractivity (Wildman–Crippen MR) is 92.2 cm³/mol. The van der Waals surface area contributed by atoms with Crippen molar-refractivity contribution in [3.63, 3.8) is 0 Å². The zero-order valence-corrected chi connectivity index (χ0v) is 14.3. The maximum absolute atomic E-state index is 6.49. The molecule has 0 amide bonds. The summed E-state index contributed by atoms with van der Waals surface area (Å²) in [5, 5.41) is 11.7. The lowest BCUT2D eigenvalue weighted by Crippen LogP contribution is -2.32. The van der Waals surface area contributed by atoms with Crippen LogP contribution in [0.5, 0.6) is 0 Å². The van der Waals surface area contributed by atoms with Gasteiger partial charge in [0.1, 0.15) is 5.15 Å². The van der Waals surface area contributed by atoms with Crippen LogP contribution < -0.4 is 0 Å². The number of rotatable bonds is 4. The average Bonchev–Trinajstić information content (AvgIpc) is 2.82. The third kappa shape index (κ3) is 3.92. The van der Waals surface area contributed by atoms with Crippen LogP contribution in [0.4, 0.5) is 0 Å². The van der Waals surface area contributed by atoms with Crippen molar-refractivity contribution >= 4 is 17.8 Å². The van der Waals surface area contributed by atoms with Crippen molar-refractivity contribution in [2.24, 2.45) is 5.10 Å². The topological polar surface area (TPSA) is 42.7 Å². The van der Waals surface area contributed by atoms with E-state index in [4.69, 9.17) is 16.3 Å². The molecule has 0 atom stereocenters. The Balaban J connectivity index is 1.75. The van der Waals surface area contributed by atoms with E-state index in [9.17, 15) is 0 Å². The number of benzene rings is 1. The van der Waals surface area contributed by atoms with Gasteiger partial charge in [-0.1, -0.05) is 41.4 Å². The average molecular weight is 333 g/mol. The van der Waals surface area contributed by atoms with Crippen LogP contribution >= 0.6 is 11.6 Å². The van der Waals surface area contributed by atoms with E-state index in [0.717, 1.165) is 37.6 Å². The molecule has 0 bridgehead atoms. The lowest BCUT2D eigenvalue weighted by molar-refractivity contribution is 0.0397. The summed E-state index contributed by atoms with van der Waals surface area (Å²) in [6, 6.07) is 8.40. The SMILES string of the molecule is Cc1ccc(Cn2nc(C)c(C=NN3CCOCC3)c2Cl)cc1. The Kier molecular flexibility index (Phi) is 4.98. The minimum atomic E-state index is 0.625. The van der Waals surface area contributed by atoms with E-state index >= 15 is 0 Å². The van der Waals surface area contributed by atoms with Crippen molar-refractivity contribution < 1.29 is 4.74 Å². The van der Waals surface area contributed by atoms with E-state index in [0.29, 0.717) is 11.7 Å². The second-order valence-corrected chi connectivity index (χ2v) is 6.10. The largest absolute Gasteiger partial charge is 0.378 e. The molecular weight excluding hydrogens is 312 g/mol. The molecule has 1 fully saturated rings. The van der Waals surface area contributed by atoms with Gasteiger partial charge in [-0.2, -0.15) is 10.2 Å². The number of hydrogen-bond acceptors (Lipinski definition) is 4. The molecule has 2 heterocycles. The fraction of sp³-hybridized carbons (Fsp3) is 0.412. The van der Waals surface area contributed by atoms with Gasteiger partial charge in [0.15, 0.2) is 0 Å². The van der Waals surface area contributed by atoms with Gasteiger partial charge in [-0.25, -0.2) is 4.68 Å². The Labute approximate surface area is 141 Å². The molecule has 1 saturated heterocycles. The summed E-state index contributed by atoms with van der Waals surface area (Å²) in [4.78, 5) is 0. The molecule has 1 aliphatic rings. The number of hydrogen-bond donors (Lipinski definition) is 0. The molecule has 0 aliphatic carbocycles. The van der Waals surface area contributed by atoms with Crippen LogP contribution in [-0.2, 0) is 11.3 Å². The number of nitrogens with zero attached hydrogens (tertiary/aromatic N) is 4. The Morgan fingerprint density at radius 2 is 1.91 bits per heavy atom. The summed E-state index contributed by atoms with van der Waals surface area (Å²) in [7, 11) is 0. The number of hydrazone groups is 1. The number of halogens is 1. The van der Waals surface area contributed by atoms with Crippen molar-refractivity contribution in [1.82, 2.24) is 14.8 Å². The summed E-state index contributed by atoms with van der Waals surface area (Å²) in [5.41, 5.74) is 4.19. The maximum atomic E-state index is 6.49. The minimum absolute atomic E-state index is 0.625. The first-order valence-electron chi connectivity index (χ1n) is 7.78. The van der Waals surface area contributed by atoms with Crippen molar-refractivity contribution in [2.75, 3.05) is 26.3 Å². The van der Waals surface area contributed by atoms with Crippen LogP contribution in [0.2, 0.25) is 5.15 Å². The molecule has 1 aliphatic heterocycles. The lowest BCUT2D eigenvalue weighted by Gasteiger charge is -2.23. The van der Waals surface area contributed by atoms with Gasteiger partial charge in [-0.15, -0.1) is 0 Å². The monoisotopic (exact) mass is 332 g/mol. The molecule has 3 rings (SSSR count). The number of aromatic nitrogens is 2. The molecule has 0 radical (unpaired) electrons. The number of ether oxygens (including phenoxy) is 1. The van der Waals surface area contributed by atoms with Gasteiger partial charge in [0, 0.05) is 0 Å². The third-order valence-corrected chi connectivity index (χ3v) is 4.30.